The van der Waals surface area contributed by atoms with E-state index in [9.17, 15) is 9.59 Å². The normalized spacial score (nSPS) is 11.4. The van der Waals surface area contributed by atoms with Gasteiger partial charge in [-0.3, -0.25) is 9.59 Å². The number of carbonyl (C=O) groups excluding carboxylic acids is 2. The number of hydrogen-bond donors (Lipinski definition) is 3. The van der Waals surface area contributed by atoms with Crippen molar-refractivity contribution in [3.8, 4) is 16.9 Å². The minimum Gasteiger partial charge on any atom is -0.497 e. The molecule has 0 bridgehead atoms. The summed E-state index contributed by atoms with van der Waals surface area (Å²) in [6.45, 7) is 0.568. The van der Waals surface area contributed by atoms with Crippen molar-refractivity contribution in [2.45, 2.75) is 25.7 Å². The summed E-state index contributed by atoms with van der Waals surface area (Å²) >= 11 is 0. The van der Waals surface area contributed by atoms with Crippen LogP contribution in [0, 0.1) is 0 Å². The minimum absolute atomic E-state index is 0.0794. The molecule has 6 nitrogen and oxygen atoms in total. The zero-order valence-corrected chi connectivity index (χ0v) is 19.3. The van der Waals surface area contributed by atoms with Crippen molar-refractivity contribution in [1.82, 2.24) is 5.32 Å². The third-order valence-corrected chi connectivity index (χ3v) is 5.91. The average molecular weight is 456 g/mol. The number of nitrogens with one attached hydrogen (secondary N) is 2. The molecule has 174 valence electrons. The maximum absolute atomic E-state index is 12.6. The monoisotopic (exact) mass is 455 g/mol. The van der Waals surface area contributed by atoms with Gasteiger partial charge in [0.15, 0.2) is 0 Å². The molecule has 4 N–H and O–H groups in total. The van der Waals surface area contributed by atoms with Crippen LogP contribution in [0.4, 0.5) is 11.4 Å². The van der Waals surface area contributed by atoms with Crippen molar-refractivity contribution in [3.63, 3.8) is 0 Å². The lowest BCUT2D eigenvalue weighted by atomic mass is 10.0. The Morgan fingerprint density at radius 1 is 0.882 bits per heavy atom. The Kier molecular flexibility index (Phi) is 7.28. The molecule has 3 aromatic carbocycles. The van der Waals surface area contributed by atoms with Crippen LogP contribution in [0.5, 0.6) is 5.75 Å². The molecule has 0 fully saturated rings. The molecule has 0 aliphatic heterocycles. The van der Waals surface area contributed by atoms with Gasteiger partial charge in [-0.2, -0.15) is 0 Å². The topological polar surface area (TPSA) is 93.5 Å². The molecule has 0 radical (unpaired) electrons. The second kappa shape index (κ2) is 10.7. The number of methoxy groups -OCH3 is 1. The van der Waals surface area contributed by atoms with Gasteiger partial charge in [-0.25, -0.2) is 0 Å². The number of anilines is 2. The van der Waals surface area contributed by atoms with Gasteiger partial charge in [-0.1, -0.05) is 55.0 Å². The van der Waals surface area contributed by atoms with Crippen molar-refractivity contribution in [2.75, 3.05) is 24.7 Å². The summed E-state index contributed by atoms with van der Waals surface area (Å²) in [7, 11) is 1.57. The SMILES string of the molecule is COc1ccc(NC(=O)CCCCCNC(=O)C=C2c3ccccc3-c3ccccc32)c(N)c1. The highest BCUT2D eigenvalue weighted by Crippen LogP contribution is 2.43. The molecule has 0 unspecified atom stereocenters. The first-order chi connectivity index (χ1) is 16.6. The summed E-state index contributed by atoms with van der Waals surface area (Å²) in [5.74, 6) is 0.466. The van der Waals surface area contributed by atoms with Crippen molar-refractivity contribution in [2.24, 2.45) is 0 Å². The van der Waals surface area contributed by atoms with Crippen LogP contribution < -0.4 is 21.1 Å². The van der Waals surface area contributed by atoms with Gasteiger partial charge in [0.2, 0.25) is 11.8 Å². The number of nitrogen functional groups attached to an aromatic ring is 1. The predicted octanol–water partition coefficient (Wildman–Crippen LogP) is 5.00. The first-order valence-electron chi connectivity index (χ1n) is 11.5. The number of fused-ring (bicyclic) bond motifs is 3. The van der Waals surface area contributed by atoms with Gasteiger partial charge in [-0.15, -0.1) is 0 Å². The van der Waals surface area contributed by atoms with E-state index in [0.29, 0.717) is 30.1 Å². The van der Waals surface area contributed by atoms with Gasteiger partial charge in [0.05, 0.1) is 18.5 Å². The van der Waals surface area contributed by atoms with Crippen LogP contribution >= 0.6 is 0 Å². The van der Waals surface area contributed by atoms with E-state index in [1.807, 2.05) is 24.3 Å². The minimum atomic E-state index is -0.103. The van der Waals surface area contributed by atoms with Crippen LogP contribution in [0.3, 0.4) is 0 Å². The van der Waals surface area contributed by atoms with Gasteiger partial charge >= 0.3 is 0 Å². The van der Waals surface area contributed by atoms with E-state index in [2.05, 4.69) is 34.9 Å². The molecule has 0 saturated carbocycles. The smallest absolute Gasteiger partial charge is 0.244 e. The van der Waals surface area contributed by atoms with E-state index < -0.39 is 0 Å². The zero-order valence-electron chi connectivity index (χ0n) is 19.3. The van der Waals surface area contributed by atoms with Crippen molar-refractivity contribution >= 4 is 28.8 Å². The second-order valence-corrected chi connectivity index (χ2v) is 8.25. The fourth-order valence-corrected chi connectivity index (χ4v) is 4.18. The van der Waals surface area contributed by atoms with Gasteiger partial charge in [0.1, 0.15) is 5.75 Å². The lowest BCUT2D eigenvalue weighted by molar-refractivity contribution is -0.117. The molecule has 1 aliphatic carbocycles. The first kappa shape index (κ1) is 23.1. The van der Waals surface area contributed by atoms with Crippen molar-refractivity contribution < 1.29 is 14.3 Å². The fraction of sp³-hybridized carbons (Fsp3) is 0.214. The van der Waals surface area contributed by atoms with E-state index >= 15 is 0 Å². The summed E-state index contributed by atoms with van der Waals surface area (Å²) in [5, 5.41) is 5.80. The van der Waals surface area contributed by atoms with Crippen LogP contribution in [-0.2, 0) is 9.59 Å². The molecular weight excluding hydrogens is 426 g/mol. The summed E-state index contributed by atoms with van der Waals surface area (Å²) in [6, 6.07) is 21.5. The molecule has 3 aromatic rings. The predicted molar refractivity (Wildman–Crippen MR) is 136 cm³/mol. The van der Waals surface area contributed by atoms with Crippen LogP contribution in [0.25, 0.3) is 16.7 Å². The second-order valence-electron chi connectivity index (χ2n) is 8.25. The number of nitrogens with two attached hydrogens (primary N) is 1. The molecule has 6 heteroatoms. The van der Waals surface area contributed by atoms with Gasteiger partial charge < -0.3 is 21.1 Å². The molecule has 0 heterocycles. The number of ether oxygens (including phenoxy) is 1. The average Bonchev–Trinajstić information content (AvgIpc) is 3.16. The molecular formula is C28H29N3O3. The maximum Gasteiger partial charge on any atom is 0.244 e. The van der Waals surface area contributed by atoms with Crippen LogP contribution in [-0.4, -0.2) is 25.5 Å². The zero-order chi connectivity index (χ0) is 23.9. The standard InChI is InChI=1S/C28H29N3O3/c1-34-19-14-15-26(25(29)17-19)31-27(32)13-3-2-8-16-30-28(33)18-24-22-11-6-4-9-20(22)21-10-5-7-12-23(21)24/h4-7,9-12,14-15,17-18H,2-3,8,13,16,29H2,1H3,(H,30,33)(H,31,32). The highest BCUT2D eigenvalue weighted by atomic mass is 16.5. The Morgan fingerprint density at radius 3 is 2.15 bits per heavy atom. The first-order valence-corrected chi connectivity index (χ1v) is 11.5. The summed E-state index contributed by atoms with van der Waals surface area (Å²) in [5.41, 5.74) is 12.4. The van der Waals surface area contributed by atoms with E-state index in [-0.39, 0.29) is 11.8 Å². The van der Waals surface area contributed by atoms with Gasteiger partial charge in [0, 0.05) is 25.1 Å². The van der Waals surface area contributed by atoms with Crippen LogP contribution in [0.2, 0.25) is 0 Å². The Morgan fingerprint density at radius 2 is 1.53 bits per heavy atom. The molecule has 2 amide bonds. The molecule has 0 spiro atoms. The largest absolute Gasteiger partial charge is 0.497 e. The van der Waals surface area contributed by atoms with Crippen LogP contribution in [0.1, 0.15) is 36.8 Å². The van der Waals surface area contributed by atoms with E-state index in [1.54, 1.807) is 31.4 Å². The quantitative estimate of drug-likeness (QED) is 0.188. The number of amides is 2. The maximum atomic E-state index is 12.6. The molecule has 0 aromatic heterocycles. The number of hydrogen-bond acceptors (Lipinski definition) is 4. The molecule has 0 saturated heterocycles. The molecule has 0 atom stereocenters. The Labute approximate surface area is 199 Å². The summed E-state index contributed by atoms with van der Waals surface area (Å²) in [4.78, 5) is 24.7. The molecule has 1 aliphatic rings. The lowest BCUT2D eigenvalue weighted by Gasteiger charge is -2.09. The van der Waals surface area contributed by atoms with E-state index in [1.165, 1.54) is 0 Å². The third-order valence-electron chi connectivity index (χ3n) is 5.91. The third kappa shape index (κ3) is 5.29. The highest BCUT2D eigenvalue weighted by molar-refractivity contribution is 6.08. The van der Waals surface area contributed by atoms with E-state index in [0.717, 1.165) is 47.1 Å². The number of unbranched alkanes of at least 4 members (excludes halogenated alkanes) is 2. The van der Waals surface area contributed by atoms with E-state index in [4.69, 9.17) is 10.5 Å². The van der Waals surface area contributed by atoms with Gasteiger partial charge in [-0.05, 0) is 52.8 Å². The summed E-state index contributed by atoms with van der Waals surface area (Å²) in [6.07, 6.45) is 4.47. The Bertz CT molecular complexity index is 1190. The number of benzene rings is 3. The number of carbonyl (C=O) groups is 2. The van der Waals surface area contributed by atoms with Crippen molar-refractivity contribution in [1.29, 1.82) is 0 Å². The van der Waals surface area contributed by atoms with Crippen LogP contribution in [0.15, 0.2) is 72.8 Å². The fourth-order valence-electron chi connectivity index (χ4n) is 4.18. The Balaban J connectivity index is 1.21. The lowest BCUT2D eigenvalue weighted by Crippen LogP contribution is -2.22. The molecule has 34 heavy (non-hydrogen) atoms. The van der Waals surface area contributed by atoms with Crippen molar-refractivity contribution in [3.05, 3.63) is 83.9 Å². The highest BCUT2D eigenvalue weighted by Gasteiger charge is 2.22. The van der Waals surface area contributed by atoms with Gasteiger partial charge in [0.25, 0.3) is 0 Å². The Hall–Kier alpha value is -4.06. The molecule has 4 rings (SSSR count). The number of rotatable bonds is 9. The summed E-state index contributed by atoms with van der Waals surface area (Å²) < 4.78 is 5.12.